The van der Waals surface area contributed by atoms with Crippen LogP contribution in [0.2, 0.25) is 0 Å². The molecular weight excluding hydrogens is 1480 g/mol. The number of nitriles is 4. The summed E-state index contributed by atoms with van der Waals surface area (Å²) in [5.74, 6) is -0.290. The first kappa shape index (κ1) is 93.7. The van der Waals surface area contributed by atoms with Crippen LogP contribution in [-0.2, 0) is 89.5 Å². The fourth-order valence-electron chi connectivity index (χ4n) is 12.4. The highest BCUT2D eigenvalue weighted by atomic mass is 19.4. The largest absolute Gasteiger partial charge is 0.490 e. The van der Waals surface area contributed by atoms with Crippen molar-refractivity contribution in [1.82, 2.24) is 0 Å². The molecule has 8 rings (SSSR count). The highest BCUT2D eigenvalue weighted by Gasteiger charge is 2.54. The third-order valence-electron chi connectivity index (χ3n) is 20.0. The van der Waals surface area contributed by atoms with Crippen molar-refractivity contribution in [1.29, 1.82) is 21.0 Å². The number of hydrogen-bond donors (Lipinski definition) is 0. The Bertz CT molecular complexity index is 3640. The number of benzene rings is 4. The Labute approximate surface area is 649 Å². The van der Waals surface area contributed by atoms with E-state index in [2.05, 4.69) is 43.2 Å². The zero-order chi connectivity index (χ0) is 85.3. The molecule has 8 atom stereocenters. The molecular formula is C84H104F12N4O12. The lowest BCUT2D eigenvalue weighted by Crippen LogP contribution is -2.43. The van der Waals surface area contributed by atoms with Gasteiger partial charge in [-0.3, -0.25) is 19.2 Å². The van der Waals surface area contributed by atoms with E-state index in [1.54, 1.807) is 72.8 Å². The van der Waals surface area contributed by atoms with Crippen molar-refractivity contribution >= 4 is 23.9 Å². The molecule has 112 heavy (non-hydrogen) atoms. The van der Waals surface area contributed by atoms with Crippen LogP contribution in [0.15, 0.2) is 72.8 Å². The molecule has 0 radical (unpaired) electrons. The van der Waals surface area contributed by atoms with Gasteiger partial charge in [0.25, 0.3) is 0 Å². The maximum atomic E-state index is 12.9. The minimum Gasteiger partial charge on any atom is -0.490 e. The van der Waals surface area contributed by atoms with Crippen molar-refractivity contribution in [2.24, 2.45) is 45.3 Å². The van der Waals surface area contributed by atoms with E-state index in [1.165, 1.54) is 0 Å². The molecule has 16 nitrogen and oxygen atoms in total. The Hall–Kier alpha value is -8.92. The minimum absolute atomic E-state index is 0.0921. The van der Waals surface area contributed by atoms with Crippen molar-refractivity contribution < 1.29 is 110 Å². The number of esters is 4. The molecule has 0 unspecified atom stereocenters. The number of halogens is 12. The van der Waals surface area contributed by atoms with Crippen molar-refractivity contribution in [2.45, 2.75) is 287 Å². The monoisotopic (exact) mass is 1590 g/mol. The molecule has 0 saturated heterocycles. The van der Waals surface area contributed by atoms with E-state index in [0.717, 1.165) is 77.6 Å². The van der Waals surface area contributed by atoms with Crippen LogP contribution < -0.4 is 18.9 Å². The predicted molar refractivity (Wildman–Crippen MR) is 391 cm³/mol. The lowest BCUT2D eigenvalue weighted by atomic mass is 9.81. The molecule has 0 spiro atoms. The van der Waals surface area contributed by atoms with Crippen LogP contribution in [0, 0.1) is 90.7 Å². The highest BCUT2D eigenvalue weighted by Crippen LogP contribution is 2.44. The van der Waals surface area contributed by atoms with Crippen LogP contribution in [0.25, 0.3) is 0 Å². The van der Waals surface area contributed by atoms with Crippen molar-refractivity contribution in [3.05, 3.63) is 117 Å². The molecule has 0 aliphatic carbocycles. The molecule has 0 saturated carbocycles. The van der Waals surface area contributed by atoms with Gasteiger partial charge in [0, 0.05) is 25.7 Å². The first-order valence-corrected chi connectivity index (χ1v) is 36.9. The van der Waals surface area contributed by atoms with E-state index in [1.807, 2.05) is 83.1 Å². The van der Waals surface area contributed by atoms with Crippen LogP contribution >= 0.6 is 0 Å². The Balaban J connectivity index is 0.000000267. The highest BCUT2D eigenvalue weighted by molar-refractivity contribution is 5.75. The molecule has 4 aliphatic rings. The number of alkyl halides is 12. The minimum atomic E-state index is -4.63. The fraction of sp³-hybridized carbons (Fsp3) is 0.619. The van der Waals surface area contributed by atoms with Crippen molar-refractivity contribution in [3.63, 3.8) is 0 Å². The van der Waals surface area contributed by atoms with E-state index >= 15 is 0 Å². The molecule has 4 aromatic carbocycles. The Morgan fingerprint density at radius 2 is 0.482 bits per heavy atom. The summed E-state index contributed by atoms with van der Waals surface area (Å²) in [5, 5.41) is 37.0. The third kappa shape index (κ3) is 26.6. The molecule has 28 heteroatoms. The first-order chi connectivity index (χ1) is 51.0. The number of hydrogen-bond acceptors (Lipinski definition) is 16. The maximum Gasteiger partial charge on any atom is 0.427 e. The zero-order valence-electron chi connectivity index (χ0n) is 67.3. The molecule has 0 amide bonds. The molecule has 0 N–H and O–H groups in total. The maximum absolute atomic E-state index is 12.9. The van der Waals surface area contributed by atoms with E-state index in [0.29, 0.717) is 96.6 Å². The van der Waals surface area contributed by atoms with E-state index < -0.39 is 92.6 Å². The average Bonchev–Trinajstić information content (AvgIpc) is 0.787. The van der Waals surface area contributed by atoms with Gasteiger partial charge in [-0.2, -0.15) is 73.7 Å². The van der Waals surface area contributed by atoms with Gasteiger partial charge in [0.05, 0.1) is 71.6 Å². The second-order valence-corrected chi connectivity index (χ2v) is 34.6. The fourth-order valence-corrected chi connectivity index (χ4v) is 12.4. The molecule has 0 fully saturated rings. The van der Waals surface area contributed by atoms with Crippen LogP contribution in [0.3, 0.4) is 0 Å². The summed E-state index contributed by atoms with van der Waals surface area (Å²) >= 11 is 0. The summed E-state index contributed by atoms with van der Waals surface area (Å²) in [7, 11) is 0. The second kappa shape index (κ2) is 35.6. The van der Waals surface area contributed by atoms with Crippen molar-refractivity contribution in [2.75, 3.05) is 0 Å². The summed E-state index contributed by atoms with van der Waals surface area (Å²) in [4.78, 5) is 47.9. The van der Waals surface area contributed by atoms with E-state index in [4.69, 9.17) is 18.9 Å². The van der Waals surface area contributed by atoms with Gasteiger partial charge in [0.1, 0.15) is 47.4 Å². The van der Waals surface area contributed by atoms with Crippen LogP contribution in [0.1, 0.15) is 209 Å². The first-order valence-electron chi connectivity index (χ1n) is 36.9. The normalized spacial score (nSPS) is 20.0. The lowest BCUT2D eigenvalue weighted by molar-refractivity contribution is -0.257. The van der Waals surface area contributed by atoms with Crippen molar-refractivity contribution in [3.8, 4) is 47.3 Å². The third-order valence-corrected chi connectivity index (χ3v) is 20.0. The van der Waals surface area contributed by atoms with Gasteiger partial charge in [-0.05, 0) is 229 Å². The summed E-state index contributed by atoms with van der Waals surface area (Å²) in [6.45, 7) is 29.7. The molecule has 0 aromatic heterocycles. The van der Waals surface area contributed by atoms with Crippen LogP contribution in [0.4, 0.5) is 52.7 Å². The quantitative estimate of drug-likeness (QED) is 0.0454. The second-order valence-electron chi connectivity index (χ2n) is 34.6. The van der Waals surface area contributed by atoms with Gasteiger partial charge in [-0.25, -0.2) is 0 Å². The van der Waals surface area contributed by atoms with Gasteiger partial charge in [-0.1, -0.05) is 76.2 Å². The number of rotatable bonds is 20. The number of carbonyl (C=O) groups excluding carboxylic acids is 4. The number of nitrogens with zero attached hydrogens (tertiary/aromatic N) is 4. The van der Waals surface area contributed by atoms with Crippen LogP contribution in [-0.4, -0.2) is 95.4 Å². The lowest BCUT2D eigenvalue weighted by Gasteiger charge is -2.34. The summed E-state index contributed by atoms with van der Waals surface area (Å²) in [5.41, 5.74) is -6.19. The number of carbonyl (C=O) groups is 4. The Morgan fingerprint density at radius 1 is 0.321 bits per heavy atom. The molecule has 0 bridgehead atoms. The van der Waals surface area contributed by atoms with Crippen LogP contribution in [0.5, 0.6) is 23.0 Å². The molecule has 4 aliphatic heterocycles. The van der Waals surface area contributed by atoms with Gasteiger partial charge in [0.15, 0.2) is 0 Å². The standard InChI is InChI=1S/4C21H26F3NO3/c4*1-13-8-15-9-14(10-18(26)28-20(4,5)21(22,23)24)6-7-16(15)27-17(13)11-19(2,3)12-25/h4*6-7,9,13,17H,8,10-11H2,1-5H3/t2*13-,17+;2*13-,17-/m1010/s1. The number of fused-ring (bicyclic) bond motifs is 4. The Kier molecular flexibility index (Phi) is 29.8. The predicted octanol–water partition coefficient (Wildman–Crippen LogP) is 20.0. The Morgan fingerprint density at radius 3 is 0.625 bits per heavy atom. The zero-order valence-corrected chi connectivity index (χ0v) is 67.3. The van der Waals surface area contributed by atoms with E-state index in [-0.39, 0.29) is 73.8 Å². The summed E-state index contributed by atoms with van der Waals surface area (Å²) in [6.07, 6.45) is -14.6. The van der Waals surface area contributed by atoms with E-state index in [9.17, 15) is 92.9 Å². The smallest absolute Gasteiger partial charge is 0.427 e. The van der Waals surface area contributed by atoms with Gasteiger partial charge in [0.2, 0.25) is 22.4 Å². The number of ether oxygens (including phenoxy) is 8. The SMILES string of the molecule is C[C@@H]1Cc2cc(CC(=O)OC(C)(C)C(F)(F)F)ccc2O[C@@H]1CC(C)(C)C#N.C[C@@H]1Cc2cc(CC(=O)OC(C)(C)C(F)(F)F)ccc2O[C@H]1CC(C)(C)C#N.C[C@H]1Cc2cc(CC(=O)OC(C)(C)C(F)(F)F)ccc2O[C@@H]1CC(C)(C)C#N.C[C@H]1Cc2cc(CC(=O)OC(C)(C)C(F)(F)F)ccc2O[C@H]1CC(C)(C)C#N. The topological polar surface area (TPSA) is 237 Å². The van der Waals surface area contributed by atoms with Gasteiger partial charge >= 0.3 is 48.6 Å². The average molecular weight is 1590 g/mol. The molecule has 4 aromatic rings. The van der Waals surface area contributed by atoms with Gasteiger partial charge < -0.3 is 37.9 Å². The van der Waals surface area contributed by atoms with Gasteiger partial charge in [-0.15, -0.1) is 0 Å². The summed E-state index contributed by atoms with van der Waals surface area (Å²) < 4.78 is 197. The molecule has 4 heterocycles. The molecule has 616 valence electrons. The summed E-state index contributed by atoms with van der Waals surface area (Å²) in [6, 6.07) is 29.8.